The number of hydrogen-bond acceptors (Lipinski definition) is 4. The molecule has 14 heavy (non-hydrogen) atoms. The molecule has 0 fully saturated rings. The summed E-state index contributed by atoms with van der Waals surface area (Å²) in [5.41, 5.74) is 0.540. The van der Waals surface area contributed by atoms with E-state index >= 15 is 0 Å². The molecule has 74 valence electrons. The van der Waals surface area contributed by atoms with Gasteiger partial charge in [0.05, 0.1) is 10.6 Å². The first-order chi connectivity index (χ1) is 6.69. The highest BCUT2D eigenvalue weighted by atomic mass is 32.2. The topological polar surface area (TPSA) is 52.5 Å². The van der Waals surface area contributed by atoms with Gasteiger partial charge in [-0.05, 0) is 35.6 Å². The number of aliphatic imine (C=N–C) groups is 1. The van der Waals surface area contributed by atoms with Gasteiger partial charge in [-0.1, -0.05) is 0 Å². The van der Waals surface area contributed by atoms with Gasteiger partial charge in [-0.2, -0.15) is 4.99 Å². The van der Waals surface area contributed by atoms with Gasteiger partial charge in [-0.3, -0.25) is 0 Å². The number of benzene rings is 1. The zero-order chi connectivity index (χ0) is 10.6. The van der Waals surface area contributed by atoms with Gasteiger partial charge in [0.1, 0.15) is 6.26 Å². The van der Waals surface area contributed by atoms with Gasteiger partial charge in [-0.15, -0.1) is 11.8 Å². The Balaban J connectivity index is 3.17. The van der Waals surface area contributed by atoms with E-state index in [0.717, 1.165) is 9.79 Å². The maximum atomic E-state index is 11.3. The summed E-state index contributed by atoms with van der Waals surface area (Å²) in [7, 11) is 0. The Kier molecular flexibility index (Phi) is 4.22. The molecule has 0 radical (unpaired) electrons. The van der Waals surface area contributed by atoms with E-state index in [9.17, 15) is 9.35 Å². The zero-order valence-corrected chi connectivity index (χ0v) is 9.45. The van der Waals surface area contributed by atoms with Crippen molar-refractivity contribution >= 4 is 34.7 Å². The summed E-state index contributed by atoms with van der Waals surface area (Å²) in [5.74, 6) is 0. The monoisotopic (exact) mass is 227 g/mol. The molecule has 5 heteroatoms. The minimum Gasteiger partial charge on any atom is -0.612 e. The summed E-state index contributed by atoms with van der Waals surface area (Å²) >= 11 is 0.467. The Morgan fingerprint density at radius 2 is 2.29 bits per heavy atom. The molecule has 1 aromatic rings. The van der Waals surface area contributed by atoms with Crippen molar-refractivity contribution in [2.75, 3.05) is 12.5 Å². The maximum absolute atomic E-state index is 11.3. The quantitative estimate of drug-likeness (QED) is 0.344. The van der Waals surface area contributed by atoms with Gasteiger partial charge in [-0.25, -0.2) is 4.79 Å². The average Bonchev–Trinajstić information content (AvgIpc) is 2.17. The molecule has 0 N–H and O–H groups in total. The fourth-order valence-electron chi connectivity index (χ4n) is 1.02. The maximum Gasteiger partial charge on any atom is 0.240 e. The lowest BCUT2D eigenvalue weighted by Crippen LogP contribution is -1.98. The van der Waals surface area contributed by atoms with E-state index < -0.39 is 11.2 Å². The van der Waals surface area contributed by atoms with Crippen LogP contribution in [0.2, 0.25) is 0 Å². The van der Waals surface area contributed by atoms with E-state index in [1.54, 1.807) is 24.5 Å². The lowest BCUT2D eigenvalue weighted by atomic mass is 10.3. The average molecular weight is 227 g/mol. The van der Waals surface area contributed by atoms with Crippen molar-refractivity contribution in [2.24, 2.45) is 4.99 Å². The lowest BCUT2D eigenvalue weighted by Gasteiger charge is -2.08. The van der Waals surface area contributed by atoms with Crippen LogP contribution in [0.5, 0.6) is 0 Å². The van der Waals surface area contributed by atoms with Crippen molar-refractivity contribution in [3.05, 3.63) is 18.2 Å². The number of rotatable bonds is 3. The molecule has 0 bridgehead atoms. The molecule has 1 unspecified atom stereocenters. The molecule has 3 nitrogen and oxygen atoms in total. The molecule has 1 atom stereocenters. The molecule has 0 heterocycles. The summed E-state index contributed by atoms with van der Waals surface area (Å²) < 4.78 is 11.3. The van der Waals surface area contributed by atoms with Crippen LogP contribution in [0.3, 0.4) is 0 Å². The molecule has 1 aromatic carbocycles. The summed E-state index contributed by atoms with van der Waals surface area (Å²) in [6.07, 6.45) is 4.99. The molecule has 0 saturated heterocycles. The zero-order valence-electron chi connectivity index (χ0n) is 7.81. The first kappa shape index (κ1) is 11.3. The van der Waals surface area contributed by atoms with Gasteiger partial charge in [0.25, 0.3) is 0 Å². The van der Waals surface area contributed by atoms with Crippen molar-refractivity contribution < 1.29 is 9.35 Å². The molecule has 0 spiro atoms. The highest BCUT2D eigenvalue weighted by Gasteiger charge is 2.11. The highest BCUT2D eigenvalue weighted by molar-refractivity contribution is 7.99. The Labute approximate surface area is 89.8 Å². The Hall–Kier alpha value is -0.740. The van der Waals surface area contributed by atoms with E-state index in [0.29, 0.717) is 5.69 Å². The predicted molar refractivity (Wildman–Crippen MR) is 58.3 cm³/mol. The van der Waals surface area contributed by atoms with Crippen LogP contribution in [-0.2, 0) is 16.0 Å². The summed E-state index contributed by atoms with van der Waals surface area (Å²) in [6.45, 7) is 0. The van der Waals surface area contributed by atoms with Gasteiger partial charge in [0.2, 0.25) is 6.08 Å². The molecule has 1 rings (SSSR count). The Morgan fingerprint density at radius 3 is 2.79 bits per heavy atom. The second kappa shape index (κ2) is 5.22. The van der Waals surface area contributed by atoms with Crippen LogP contribution in [0.4, 0.5) is 5.69 Å². The number of thioether (sulfide) groups is 1. The van der Waals surface area contributed by atoms with E-state index in [4.69, 9.17) is 0 Å². The number of nitrogens with zero attached hydrogens (tertiary/aromatic N) is 1. The third-order valence-corrected chi connectivity index (χ3v) is 3.51. The van der Waals surface area contributed by atoms with Crippen LogP contribution in [0.15, 0.2) is 33.0 Å². The van der Waals surface area contributed by atoms with Crippen LogP contribution in [-0.4, -0.2) is 23.1 Å². The van der Waals surface area contributed by atoms with Crippen molar-refractivity contribution in [3.8, 4) is 0 Å². The summed E-state index contributed by atoms with van der Waals surface area (Å²) in [4.78, 5) is 15.2. The van der Waals surface area contributed by atoms with Crippen LogP contribution >= 0.6 is 11.8 Å². The smallest absolute Gasteiger partial charge is 0.240 e. The predicted octanol–water partition coefficient (Wildman–Crippen LogP) is 2.11. The van der Waals surface area contributed by atoms with Gasteiger partial charge < -0.3 is 4.55 Å². The van der Waals surface area contributed by atoms with Gasteiger partial charge in [0, 0.05) is 0 Å². The van der Waals surface area contributed by atoms with Crippen LogP contribution in [0.25, 0.3) is 0 Å². The molecule has 0 saturated carbocycles. The van der Waals surface area contributed by atoms with Crippen LogP contribution in [0, 0.1) is 0 Å². The second-order valence-corrected chi connectivity index (χ2v) is 4.69. The standard InChI is InChI=1S/C9H9NO2S2/c1-13-8-5-7(10-6-11)3-4-9(8)14(2)12/h3-5H,1-2H3. The fraction of sp³-hybridized carbons (Fsp3) is 0.222. The fourth-order valence-corrected chi connectivity index (χ4v) is 2.73. The largest absolute Gasteiger partial charge is 0.612 e. The Bertz CT molecular complexity index is 373. The molecular weight excluding hydrogens is 218 g/mol. The number of carbonyl (C=O) groups excluding carboxylic acids is 1. The second-order valence-electron chi connectivity index (χ2n) is 2.49. The van der Waals surface area contributed by atoms with E-state index in [-0.39, 0.29) is 0 Å². The van der Waals surface area contributed by atoms with Crippen LogP contribution < -0.4 is 0 Å². The first-order valence-electron chi connectivity index (χ1n) is 3.78. The first-order valence-corrected chi connectivity index (χ1v) is 6.56. The lowest BCUT2D eigenvalue weighted by molar-refractivity contribution is 0.565. The van der Waals surface area contributed by atoms with E-state index in [1.807, 2.05) is 6.26 Å². The SMILES string of the molecule is CSc1cc(N=C=O)ccc1[S+](C)[O-]. The van der Waals surface area contributed by atoms with E-state index in [1.165, 1.54) is 17.8 Å². The molecular formula is C9H9NO2S2. The van der Waals surface area contributed by atoms with Crippen molar-refractivity contribution in [1.82, 2.24) is 0 Å². The van der Waals surface area contributed by atoms with Crippen molar-refractivity contribution in [3.63, 3.8) is 0 Å². The number of hydrogen-bond donors (Lipinski definition) is 0. The van der Waals surface area contributed by atoms with Gasteiger partial charge >= 0.3 is 0 Å². The summed E-state index contributed by atoms with van der Waals surface area (Å²) in [6, 6.07) is 5.10. The van der Waals surface area contributed by atoms with Crippen LogP contribution in [0.1, 0.15) is 0 Å². The Morgan fingerprint density at radius 1 is 1.57 bits per heavy atom. The minimum absolute atomic E-state index is 0.540. The molecule has 0 aromatic heterocycles. The summed E-state index contributed by atoms with van der Waals surface area (Å²) in [5, 5.41) is 0. The normalized spacial score (nSPS) is 11.9. The molecule has 0 amide bonds. The third kappa shape index (κ3) is 2.62. The molecule has 0 aliphatic heterocycles. The minimum atomic E-state index is -1.01. The number of isocyanates is 1. The van der Waals surface area contributed by atoms with Crippen molar-refractivity contribution in [2.45, 2.75) is 9.79 Å². The molecule has 0 aliphatic rings. The highest BCUT2D eigenvalue weighted by Crippen LogP contribution is 2.28. The van der Waals surface area contributed by atoms with Gasteiger partial charge in [0.15, 0.2) is 4.90 Å². The third-order valence-electron chi connectivity index (χ3n) is 1.63. The molecule has 0 aliphatic carbocycles. The van der Waals surface area contributed by atoms with E-state index in [2.05, 4.69) is 4.99 Å². The van der Waals surface area contributed by atoms with Crippen molar-refractivity contribution in [1.29, 1.82) is 0 Å².